The molecule has 3 aromatic rings. The Morgan fingerprint density at radius 1 is 1.43 bits per heavy atom. The van der Waals surface area contributed by atoms with E-state index in [2.05, 4.69) is 41.1 Å². The van der Waals surface area contributed by atoms with Crippen molar-refractivity contribution in [2.45, 2.75) is 25.4 Å². The lowest BCUT2D eigenvalue weighted by molar-refractivity contribution is 0.0995. The minimum Gasteiger partial charge on any atom is -0.395 e. The highest BCUT2D eigenvalue weighted by molar-refractivity contribution is 5.96. The Labute approximate surface area is 160 Å². The van der Waals surface area contributed by atoms with Gasteiger partial charge in [0.05, 0.1) is 18.5 Å². The number of nitrogens with one attached hydrogen (secondary N) is 4. The van der Waals surface area contributed by atoms with Crippen LogP contribution in [0.25, 0.3) is 11.0 Å². The standard InChI is InChI=1S/C17H21N9O2/c1-8-11-2-3-19-15(11)21-6-12(8)23-16-13(14(18)28)25-26-17(24-16)22-9-4-10(7-27)20-5-9/h2-3,6,9-10,20,27H,4-5,7H2,1H3,(H2,18,28)(H,19,21)(H2,22,23,24,26)/t9-,10-/m1/s1. The van der Waals surface area contributed by atoms with Crippen molar-refractivity contribution < 1.29 is 9.90 Å². The van der Waals surface area contributed by atoms with Crippen molar-refractivity contribution in [3.63, 3.8) is 0 Å². The predicted molar refractivity (Wildman–Crippen MR) is 103 cm³/mol. The summed E-state index contributed by atoms with van der Waals surface area (Å²) in [6, 6.07) is 2.01. The summed E-state index contributed by atoms with van der Waals surface area (Å²) in [5, 5.41) is 27.5. The maximum Gasteiger partial charge on any atom is 0.273 e. The van der Waals surface area contributed by atoms with Gasteiger partial charge in [0, 0.05) is 30.2 Å². The molecule has 0 spiro atoms. The van der Waals surface area contributed by atoms with Crippen LogP contribution < -0.4 is 21.7 Å². The lowest BCUT2D eigenvalue weighted by Gasteiger charge is -2.14. The number of anilines is 3. The highest BCUT2D eigenvalue weighted by Crippen LogP contribution is 2.26. The monoisotopic (exact) mass is 383 g/mol. The Bertz CT molecular complexity index is 1020. The Balaban J connectivity index is 1.62. The number of fused-ring (bicyclic) bond motifs is 1. The number of nitrogens with two attached hydrogens (primary N) is 1. The lowest BCUT2D eigenvalue weighted by atomic mass is 10.2. The van der Waals surface area contributed by atoms with Crippen LogP contribution in [0.2, 0.25) is 0 Å². The first-order valence-electron chi connectivity index (χ1n) is 8.90. The van der Waals surface area contributed by atoms with Crippen LogP contribution in [-0.4, -0.2) is 61.4 Å². The molecule has 28 heavy (non-hydrogen) atoms. The van der Waals surface area contributed by atoms with Gasteiger partial charge in [-0.15, -0.1) is 10.2 Å². The molecule has 4 heterocycles. The van der Waals surface area contributed by atoms with Crippen LogP contribution in [0.1, 0.15) is 22.5 Å². The second-order valence-electron chi connectivity index (χ2n) is 6.72. The average Bonchev–Trinajstić information content (AvgIpc) is 3.33. The van der Waals surface area contributed by atoms with Gasteiger partial charge in [-0.3, -0.25) is 4.79 Å². The fraction of sp³-hybridized carbons (Fsp3) is 0.353. The summed E-state index contributed by atoms with van der Waals surface area (Å²) in [6.07, 6.45) is 4.20. The normalized spacial score (nSPS) is 19.1. The number of aromatic nitrogens is 5. The molecule has 0 aliphatic carbocycles. The van der Waals surface area contributed by atoms with Crippen LogP contribution in [0.3, 0.4) is 0 Å². The van der Waals surface area contributed by atoms with Gasteiger partial charge in [0.15, 0.2) is 11.5 Å². The van der Waals surface area contributed by atoms with Crippen molar-refractivity contribution in [2.75, 3.05) is 23.8 Å². The largest absolute Gasteiger partial charge is 0.395 e. The minimum absolute atomic E-state index is 0.0368. The van der Waals surface area contributed by atoms with Crippen molar-refractivity contribution in [1.29, 1.82) is 0 Å². The summed E-state index contributed by atoms with van der Waals surface area (Å²) in [5.74, 6) is -0.258. The van der Waals surface area contributed by atoms with E-state index >= 15 is 0 Å². The number of carbonyl (C=O) groups excluding carboxylic acids is 1. The molecule has 7 N–H and O–H groups in total. The van der Waals surface area contributed by atoms with E-state index in [1.54, 1.807) is 6.20 Å². The number of hydrogen-bond acceptors (Lipinski definition) is 9. The number of hydrogen-bond donors (Lipinski definition) is 6. The molecule has 0 aromatic carbocycles. The van der Waals surface area contributed by atoms with E-state index in [0.717, 1.165) is 23.0 Å². The fourth-order valence-electron chi connectivity index (χ4n) is 3.29. The third kappa shape index (κ3) is 3.44. The number of rotatable bonds is 6. The number of aliphatic hydroxyl groups excluding tert-OH is 1. The summed E-state index contributed by atoms with van der Waals surface area (Å²) in [5.41, 5.74) is 7.77. The summed E-state index contributed by atoms with van der Waals surface area (Å²) in [7, 11) is 0. The van der Waals surface area contributed by atoms with Crippen LogP contribution in [0.15, 0.2) is 18.5 Å². The van der Waals surface area contributed by atoms with Gasteiger partial charge in [0.25, 0.3) is 5.91 Å². The average molecular weight is 383 g/mol. The van der Waals surface area contributed by atoms with Gasteiger partial charge in [-0.1, -0.05) is 0 Å². The molecule has 1 aliphatic heterocycles. The smallest absolute Gasteiger partial charge is 0.273 e. The molecule has 0 unspecified atom stereocenters. The van der Waals surface area contributed by atoms with E-state index < -0.39 is 5.91 Å². The lowest BCUT2D eigenvalue weighted by Crippen LogP contribution is -2.26. The van der Waals surface area contributed by atoms with E-state index in [4.69, 9.17) is 5.73 Å². The highest BCUT2D eigenvalue weighted by Gasteiger charge is 2.24. The second kappa shape index (κ2) is 7.37. The number of amides is 1. The predicted octanol–water partition coefficient (Wildman–Crippen LogP) is 0.0335. The third-order valence-corrected chi connectivity index (χ3v) is 4.80. The van der Waals surface area contributed by atoms with Crippen LogP contribution in [0.5, 0.6) is 0 Å². The molecule has 0 saturated carbocycles. The van der Waals surface area contributed by atoms with Crippen molar-refractivity contribution in [3.8, 4) is 0 Å². The van der Waals surface area contributed by atoms with E-state index in [9.17, 15) is 9.90 Å². The van der Waals surface area contributed by atoms with Gasteiger partial charge >= 0.3 is 0 Å². The topological polar surface area (TPSA) is 167 Å². The highest BCUT2D eigenvalue weighted by atomic mass is 16.3. The number of nitrogens with zero attached hydrogens (tertiary/aromatic N) is 4. The zero-order valence-corrected chi connectivity index (χ0v) is 15.2. The van der Waals surface area contributed by atoms with Crippen LogP contribution in [0, 0.1) is 6.92 Å². The molecular weight excluding hydrogens is 362 g/mol. The molecular formula is C17H21N9O2. The summed E-state index contributed by atoms with van der Waals surface area (Å²) >= 11 is 0. The second-order valence-corrected chi connectivity index (χ2v) is 6.72. The van der Waals surface area contributed by atoms with Crippen molar-refractivity contribution >= 4 is 34.4 Å². The molecule has 4 rings (SSSR count). The quantitative estimate of drug-likeness (QED) is 0.344. The number of aliphatic hydroxyl groups is 1. The third-order valence-electron chi connectivity index (χ3n) is 4.80. The number of pyridine rings is 1. The van der Waals surface area contributed by atoms with Gasteiger partial charge in [-0.25, -0.2) is 4.98 Å². The van der Waals surface area contributed by atoms with Gasteiger partial charge in [-0.05, 0) is 25.0 Å². The number of aryl methyl sites for hydroxylation is 1. The Kier molecular flexibility index (Phi) is 4.75. The van der Waals surface area contributed by atoms with Gasteiger partial charge in [-0.2, -0.15) is 4.98 Å². The summed E-state index contributed by atoms with van der Waals surface area (Å²) in [6.45, 7) is 2.68. The first-order valence-corrected chi connectivity index (χ1v) is 8.90. The Morgan fingerprint density at radius 2 is 2.29 bits per heavy atom. The number of carbonyl (C=O) groups is 1. The molecule has 1 amide bonds. The van der Waals surface area contributed by atoms with Gasteiger partial charge < -0.3 is 31.8 Å². The molecule has 3 aromatic heterocycles. The van der Waals surface area contributed by atoms with Crippen LogP contribution in [0.4, 0.5) is 17.5 Å². The van der Waals surface area contributed by atoms with Crippen molar-refractivity contribution in [3.05, 3.63) is 29.7 Å². The van der Waals surface area contributed by atoms with Gasteiger partial charge in [0.2, 0.25) is 5.95 Å². The van der Waals surface area contributed by atoms with Gasteiger partial charge in [0.1, 0.15) is 5.65 Å². The molecule has 0 bridgehead atoms. The maximum atomic E-state index is 11.8. The number of primary amides is 1. The molecule has 1 fully saturated rings. The van der Waals surface area contributed by atoms with Crippen molar-refractivity contribution in [2.24, 2.45) is 5.73 Å². The molecule has 1 saturated heterocycles. The van der Waals surface area contributed by atoms with Crippen LogP contribution >= 0.6 is 0 Å². The molecule has 146 valence electrons. The molecule has 2 atom stereocenters. The van der Waals surface area contributed by atoms with Crippen molar-refractivity contribution in [1.82, 2.24) is 30.5 Å². The summed E-state index contributed by atoms with van der Waals surface area (Å²) < 4.78 is 0. The van der Waals surface area contributed by atoms with Crippen LogP contribution in [-0.2, 0) is 0 Å². The summed E-state index contributed by atoms with van der Waals surface area (Å²) in [4.78, 5) is 23.6. The Morgan fingerprint density at radius 3 is 3.04 bits per heavy atom. The van der Waals surface area contributed by atoms with E-state index in [1.807, 2.05) is 19.2 Å². The first-order chi connectivity index (χ1) is 13.5. The molecule has 11 nitrogen and oxygen atoms in total. The zero-order valence-electron chi connectivity index (χ0n) is 15.2. The minimum atomic E-state index is -0.731. The molecule has 11 heteroatoms. The fourth-order valence-corrected chi connectivity index (χ4v) is 3.29. The molecule has 0 radical (unpaired) electrons. The first kappa shape index (κ1) is 18.1. The zero-order chi connectivity index (χ0) is 19.7. The Hall–Kier alpha value is -3.31. The van der Waals surface area contributed by atoms with E-state index in [-0.39, 0.29) is 36.2 Å². The SMILES string of the molecule is Cc1c(Nc2nc(N[C@H]3CN[C@@H](CO)C3)nnc2C(N)=O)cnc2[nH]ccc12. The van der Waals surface area contributed by atoms with E-state index in [1.165, 1.54) is 0 Å². The molecule has 1 aliphatic rings. The number of aromatic amines is 1. The number of H-pyrrole nitrogens is 1. The maximum absolute atomic E-state index is 11.8. The van der Waals surface area contributed by atoms with E-state index in [0.29, 0.717) is 12.2 Å².